The minimum Gasteiger partial charge on any atom is -0.350 e. The van der Waals surface area contributed by atoms with E-state index in [0.717, 1.165) is 53.3 Å². The Bertz CT molecular complexity index is 1180. The first-order valence-corrected chi connectivity index (χ1v) is 12.3. The number of H-pyrrole nitrogens is 1. The molecule has 6 heteroatoms. The van der Waals surface area contributed by atoms with Gasteiger partial charge in [-0.15, -0.1) is 11.8 Å². The standard InChI is InChI=1S/C26H29N3O2S/c1-16-11-13-26(14-12-16)29(25(31)18(3)32-26)28-24(30)23-22(19-7-5-4-6-8-19)20-15-17(2)9-10-21(20)27-23/h4-10,15-16,18,27H,11-14H2,1-3H3,(H,28,30). The molecule has 1 atom stereocenters. The van der Waals surface area contributed by atoms with Crippen LogP contribution >= 0.6 is 11.8 Å². The van der Waals surface area contributed by atoms with E-state index in [0.29, 0.717) is 11.6 Å². The zero-order valence-corrected chi connectivity index (χ0v) is 19.6. The number of nitrogens with zero attached hydrogens (tertiary/aromatic N) is 1. The molecule has 5 nitrogen and oxygen atoms in total. The van der Waals surface area contributed by atoms with E-state index in [1.165, 1.54) is 0 Å². The number of fused-ring (bicyclic) bond motifs is 1. The highest BCUT2D eigenvalue weighted by Crippen LogP contribution is 2.50. The smallest absolute Gasteiger partial charge is 0.286 e. The number of benzene rings is 2. The highest BCUT2D eigenvalue weighted by atomic mass is 32.2. The fourth-order valence-electron chi connectivity index (χ4n) is 5.06. The normalized spacial score (nSPS) is 25.6. The Labute approximate surface area is 192 Å². The minimum absolute atomic E-state index is 0.00822. The molecule has 166 valence electrons. The molecule has 1 aromatic heterocycles. The number of hydrazine groups is 1. The molecule has 3 aromatic rings. The van der Waals surface area contributed by atoms with Gasteiger partial charge in [-0.25, -0.2) is 5.01 Å². The number of hydrogen-bond donors (Lipinski definition) is 2. The van der Waals surface area contributed by atoms with Crippen molar-refractivity contribution in [1.82, 2.24) is 15.4 Å². The molecule has 1 saturated carbocycles. The third-order valence-corrected chi connectivity index (χ3v) is 8.47. The van der Waals surface area contributed by atoms with E-state index in [2.05, 4.69) is 30.3 Å². The number of aromatic nitrogens is 1. The Morgan fingerprint density at radius 1 is 1.12 bits per heavy atom. The summed E-state index contributed by atoms with van der Waals surface area (Å²) in [6, 6.07) is 16.1. The van der Waals surface area contributed by atoms with Gasteiger partial charge in [0, 0.05) is 16.5 Å². The van der Waals surface area contributed by atoms with Gasteiger partial charge < -0.3 is 4.98 Å². The summed E-state index contributed by atoms with van der Waals surface area (Å²) < 4.78 is 0. The summed E-state index contributed by atoms with van der Waals surface area (Å²) in [6.07, 6.45) is 3.96. The highest BCUT2D eigenvalue weighted by Gasteiger charge is 2.52. The molecular weight excluding hydrogens is 418 g/mol. The average Bonchev–Trinajstić information content (AvgIpc) is 3.27. The van der Waals surface area contributed by atoms with Crippen LogP contribution in [0.1, 0.15) is 55.6 Å². The van der Waals surface area contributed by atoms with E-state index in [9.17, 15) is 9.59 Å². The molecule has 0 radical (unpaired) electrons. The third kappa shape index (κ3) is 3.51. The number of amides is 2. The molecule has 1 saturated heterocycles. The van der Waals surface area contributed by atoms with Crippen LogP contribution in [0.4, 0.5) is 0 Å². The Morgan fingerprint density at radius 2 is 1.84 bits per heavy atom. The van der Waals surface area contributed by atoms with Gasteiger partial charge in [-0.2, -0.15) is 0 Å². The Hall–Kier alpha value is -2.73. The van der Waals surface area contributed by atoms with Gasteiger partial charge in [-0.1, -0.05) is 48.9 Å². The van der Waals surface area contributed by atoms with Gasteiger partial charge in [0.1, 0.15) is 10.6 Å². The number of aromatic amines is 1. The molecule has 2 amide bonds. The predicted octanol–water partition coefficient (Wildman–Crippen LogP) is 5.66. The number of rotatable bonds is 3. The van der Waals surface area contributed by atoms with Crippen LogP contribution in [0.25, 0.3) is 22.0 Å². The van der Waals surface area contributed by atoms with Gasteiger partial charge in [0.15, 0.2) is 0 Å². The number of hydrogen-bond acceptors (Lipinski definition) is 3. The Morgan fingerprint density at radius 3 is 2.56 bits per heavy atom. The molecular formula is C26H29N3O2S. The number of thioether (sulfide) groups is 1. The molecule has 32 heavy (non-hydrogen) atoms. The van der Waals surface area contributed by atoms with Crippen molar-refractivity contribution in [3.63, 3.8) is 0 Å². The quantitative estimate of drug-likeness (QED) is 0.545. The number of carbonyl (C=O) groups is 2. The maximum atomic E-state index is 13.6. The maximum Gasteiger partial charge on any atom is 0.286 e. The van der Waals surface area contributed by atoms with Crippen LogP contribution < -0.4 is 5.43 Å². The van der Waals surface area contributed by atoms with Crippen molar-refractivity contribution in [2.75, 3.05) is 0 Å². The third-order valence-electron chi connectivity index (χ3n) is 6.88. The second-order valence-corrected chi connectivity index (χ2v) is 11.0. The van der Waals surface area contributed by atoms with Gasteiger partial charge >= 0.3 is 0 Å². The fourth-order valence-corrected chi connectivity index (χ4v) is 6.64. The van der Waals surface area contributed by atoms with Crippen LogP contribution in [-0.4, -0.2) is 31.9 Å². The first-order valence-electron chi connectivity index (χ1n) is 11.4. The predicted molar refractivity (Wildman–Crippen MR) is 130 cm³/mol. The first-order chi connectivity index (χ1) is 15.4. The molecule has 1 aliphatic carbocycles. The summed E-state index contributed by atoms with van der Waals surface area (Å²) in [5, 5.41) is 2.52. The second-order valence-electron chi connectivity index (χ2n) is 9.29. The van der Waals surface area contributed by atoms with E-state index in [1.54, 1.807) is 16.8 Å². The molecule has 2 aromatic carbocycles. The summed E-state index contributed by atoms with van der Waals surface area (Å²) in [5.41, 5.74) is 7.42. The van der Waals surface area contributed by atoms with E-state index in [1.807, 2.05) is 49.4 Å². The Balaban J connectivity index is 1.55. The summed E-state index contributed by atoms with van der Waals surface area (Å²) in [5.74, 6) is 0.385. The van der Waals surface area contributed by atoms with Crippen molar-refractivity contribution in [1.29, 1.82) is 0 Å². The zero-order valence-electron chi connectivity index (χ0n) is 18.8. The number of carbonyl (C=O) groups excluding carboxylic acids is 2. The van der Waals surface area contributed by atoms with Crippen molar-refractivity contribution in [2.45, 2.75) is 56.6 Å². The number of nitrogens with one attached hydrogen (secondary N) is 2. The van der Waals surface area contributed by atoms with Gasteiger partial charge in [0.05, 0.1) is 5.25 Å². The topological polar surface area (TPSA) is 65.2 Å². The molecule has 2 aliphatic rings. The van der Waals surface area contributed by atoms with E-state index < -0.39 is 0 Å². The van der Waals surface area contributed by atoms with Crippen LogP contribution in [0.5, 0.6) is 0 Å². The second kappa shape index (κ2) is 8.00. The van der Waals surface area contributed by atoms with Crippen molar-refractivity contribution in [3.05, 3.63) is 59.8 Å². The molecule has 2 fully saturated rings. The number of aryl methyl sites for hydroxylation is 1. The van der Waals surface area contributed by atoms with E-state index >= 15 is 0 Å². The van der Waals surface area contributed by atoms with Crippen LogP contribution in [0, 0.1) is 12.8 Å². The average molecular weight is 448 g/mol. The van der Waals surface area contributed by atoms with Crippen LogP contribution in [-0.2, 0) is 4.79 Å². The fraction of sp³-hybridized carbons (Fsp3) is 0.385. The van der Waals surface area contributed by atoms with Crippen LogP contribution in [0.3, 0.4) is 0 Å². The van der Waals surface area contributed by atoms with Crippen molar-refractivity contribution in [2.24, 2.45) is 5.92 Å². The van der Waals surface area contributed by atoms with Crippen molar-refractivity contribution in [3.8, 4) is 11.1 Å². The monoisotopic (exact) mass is 447 g/mol. The lowest BCUT2D eigenvalue weighted by Gasteiger charge is -2.41. The molecule has 0 bridgehead atoms. The van der Waals surface area contributed by atoms with E-state index in [4.69, 9.17) is 0 Å². The summed E-state index contributed by atoms with van der Waals surface area (Å²) in [6.45, 7) is 6.26. The van der Waals surface area contributed by atoms with E-state index in [-0.39, 0.29) is 21.9 Å². The largest absolute Gasteiger partial charge is 0.350 e. The molecule has 1 aliphatic heterocycles. The summed E-state index contributed by atoms with van der Waals surface area (Å²) in [4.78, 5) is 29.7. The minimum atomic E-state index is -0.339. The lowest BCUT2D eigenvalue weighted by Crippen LogP contribution is -2.56. The van der Waals surface area contributed by atoms with Crippen LogP contribution in [0.15, 0.2) is 48.5 Å². The summed E-state index contributed by atoms with van der Waals surface area (Å²) >= 11 is 1.70. The van der Waals surface area contributed by atoms with Crippen molar-refractivity contribution >= 4 is 34.5 Å². The molecule has 2 N–H and O–H groups in total. The van der Waals surface area contributed by atoms with Gasteiger partial charge in [0.2, 0.25) is 0 Å². The molecule has 1 unspecified atom stereocenters. The maximum absolute atomic E-state index is 13.6. The SMILES string of the molecule is Cc1ccc2[nH]c(C(=O)NN3C(=O)C(C)SC34CCC(C)CC4)c(-c3ccccc3)c2c1. The Kier molecular flexibility index (Phi) is 5.28. The molecule has 1 spiro atoms. The highest BCUT2D eigenvalue weighted by molar-refractivity contribution is 8.02. The first kappa shape index (κ1) is 21.1. The van der Waals surface area contributed by atoms with Gasteiger partial charge in [-0.05, 0) is 63.1 Å². The lowest BCUT2D eigenvalue weighted by molar-refractivity contribution is -0.135. The lowest BCUT2D eigenvalue weighted by atomic mass is 9.86. The summed E-state index contributed by atoms with van der Waals surface area (Å²) in [7, 11) is 0. The van der Waals surface area contributed by atoms with Gasteiger partial charge in [-0.3, -0.25) is 15.0 Å². The van der Waals surface area contributed by atoms with Gasteiger partial charge in [0.25, 0.3) is 11.8 Å². The molecule has 2 heterocycles. The molecule has 5 rings (SSSR count). The van der Waals surface area contributed by atoms with Crippen molar-refractivity contribution < 1.29 is 9.59 Å². The zero-order chi connectivity index (χ0) is 22.5. The van der Waals surface area contributed by atoms with Crippen LogP contribution in [0.2, 0.25) is 0 Å².